The second kappa shape index (κ2) is 12.8. The number of amides is 1. The molecular weight excluding hydrogens is 500 g/mol. The largest absolute Gasteiger partial charge is 0.494 e. The number of aromatic amines is 1. The Balaban J connectivity index is 1.60. The number of hydrogen-bond donors (Lipinski definition) is 4. The lowest BCUT2D eigenvalue weighted by Gasteiger charge is -2.14. The highest BCUT2D eigenvalue weighted by Crippen LogP contribution is 2.32. The number of likely N-dealkylation sites (N-methyl/N-ethyl adjacent to an activating group) is 1. The Morgan fingerprint density at radius 2 is 1.69 bits per heavy atom. The number of H-pyrrole nitrogens is 1. The van der Waals surface area contributed by atoms with E-state index in [0.29, 0.717) is 52.1 Å². The summed E-state index contributed by atoms with van der Waals surface area (Å²) in [5.74, 6) is -0.963. The fourth-order valence-corrected chi connectivity index (χ4v) is 4.00. The van der Waals surface area contributed by atoms with Crippen LogP contribution in [0, 0.1) is 0 Å². The zero-order valence-corrected chi connectivity index (χ0v) is 21.7. The van der Waals surface area contributed by atoms with Crippen LogP contribution in [0.3, 0.4) is 0 Å². The van der Waals surface area contributed by atoms with Gasteiger partial charge in [0.2, 0.25) is 0 Å². The Labute approximate surface area is 225 Å². The lowest BCUT2D eigenvalue weighted by molar-refractivity contribution is 0.0234. The van der Waals surface area contributed by atoms with Crippen LogP contribution in [-0.2, 0) is 9.57 Å². The SMILES string of the molecule is COC(=O)c1ccc2c(C(=Nc3ccc(C(=O)NOCCN(C)CCO)cc3)c3ccccc3)c(O)[nH]c2c1. The number of esters is 1. The molecule has 0 atom stereocenters. The molecule has 202 valence electrons. The molecule has 1 amide bonds. The van der Waals surface area contributed by atoms with Crippen molar-refractivity contribution in [3.63, 3.8) is 0 Å². The number of aromatic nitrogens is 1. The van der Waals surface area contributed by atoms with Gasteiger partial charge in [-0.15, -0.1) is 0 Å². The van der Waals surface area contributed by atoms with Crippen LogP contribution >= 0.6 is 0 Å². The Morgan fingerprint density at radius 3 is 2.38 bits per heavy atom. The van der Waals surface area contributed by atoms with E-state index >= 15 is 0 Å². The molecule has 1 aromatic heterocycles. The third kappa shape index (κ3) is 6.68. The summed E-state index contributed by atoms with van der Waals surface area (Å²) >= 11 is 0. The summed E-state index contributed by atoms with van der Waals surface area (Å²) in [4.78, 5) is 39.3. The molecule has 0 aliphatic carbocycles. The van der Waals surface area contributed by atoms with Gasteiger partial charge in [-0.3, -0.25) is 9.63 Å². The number of fused-ring (bicyclic) bond motifs is 1. The highest BCUT2D eigenvalue weighted by Gasteiger charge is 2.20. The van der Waals surface area contributed by atoms with E-state index in [9.17, 15) is 14.7 Å². The minimum atomic E-state index is -0.479. The molecule has 10 heteroatoms. The van der Waals surface area contributed by atoms with Gasteiger partial charge in [0.25, 0.3) is 5.91 Å². The summed E-state index contributed by atoms with van der Waals surface area (Å²) in [5, 5.41) is 20.5. The minimum absolute atomic E-state index is 0.0555. The number of carbonyl (C=O) groups excluding carboxylic acids is 2. The third-order valence-corrected chi connectivity index (χ3v) is 6.08. The van der Waals surface area contributed by atoms with E-state index in [2.05, 4.69) is 10.5 Å². The van der Waals surface area contributed by atoms with Crippen LogP contribution in [0.25, 0.3) is 10.9 Å². The summed E-state index contributed by atoms with van der Waals surface area (Å²) < 4.78 is 4.80. The molecule has 3 aromatic carbocycles. The molecule has 4 N–H and O–H groups in total. The molecule has 0 unspecified atom stereocenters. The smallest absolute Gasteiger partial charge is 0.337 e. The lowest BCUT2D eigenvalue weighted by Crippen LogP contribution is -2.31. The van der Waals surface area contributed by atoms with Crippen molar-refractivity contribution in [3.05, 3.63) is 95.1 Å². The number of nitrogens with one attached hydrogen (secondary N) is 2. The number of aromatic hydroxyl groups is 1. The molecule has 0 saturated carbocycles. The molecule has 39 heavy (non-hydrogen) atoms. The number of aliphatic hydroxyl groups excluding tert-OH is 1. The van der Waals surface area contributed by atoms with E-state index in [1.165, 1.54) is 7.11 Å². The van der Waals surface area contributed by atoms with E-state index in [4.69, 9.17) is 19.7 Å². The number of hydrogen-bond acceptors (Lipinski definition) is 8. The van der Waals surface area contributed by atoms with Crippen molar-refractivity contribution in [3.8, 4) is 5.88 Å². The molecular formula is C29H30N4O6. The quantitative estimate of drug-likeness (QED) is 0.101. The van der Waals surface area contributed by atoms with E-state index < -0.39 is 11.9 Å². The fraction of sp³-hybridized carbons (Fsp3) is 0.207. The van der Waals surface area contributed by atoms with Crippen molar-refractivity contribution in [1.29, 1.82) is 0 Å². The summed E-state index contributed by atoms with van der Waals surface area (Å²) in [6.07, 6.45) is 0. The molecule has 0 bridgehead atoms. The Kier molecular flexibility index (Phi) is 9.06. The molecule has 1 heterocycles. The van der Waals surface area contributed by atoms with Crippen LogP contribution in [0.5, 0.6) is 5.88 Å². The zero-order chi connectivity index (χ0) is 27.8. The maximum Gasteiger partial charge on any atom is 0.337 e. The molecule has 4 aromatic rings. The zero-order valence-electron chi connectivity index (χ0n) is 21.7. The van der Waals surface area contributed by atoms with Gasteiger partial charge in [0.1, 0.15) is 0 Å². The molecule has 0 aliphatic heterocycles. The van der Waals surface area contributed by atoms with Crippen LogP contribution < -0.4 is 5.48 Å². The van der Waals surface area contributed by atoms with E-state index in [-0.39, 0.29) is 19.1 Å². The molecule has 4 rings (SSSR count). The monoisotopic (exact) mass is 530 g/mol. The number of ether oxygens (including phenoxy) is 1. The topological polar surface area (TPSA) is 136 Å². The number of aliphatic imine (C=N–C) groups is 1. The molecule has 0 aliphatic rings. The number of rotatable bonds is 11. The van der Waals surface area contributed by atoms with Gasteiger partial charge in [0.05, 0.1) is 42.8 Å². The van der Waals surface area contributed by atoms with Crippen molar-refractivity contribution in [1.82, 2.24) is 15.4 Å². The van der Waals surface area contributed by atoms with Crippen molar-refractivity contribution in [2.45, 2.75) is 0 Å². The van der Waals surface area contributed by atoms with Gasteiger partial charge < -0.3 is 24.8 Å². The standard InChI is InChI=1S/C29H30N4O6/c1-33(14-16-34)15-17-39-32-27(35)20-8-11-22(12-9-20)30-26(19-6-4-3-5-7-19)25-23-13-10-21(29(37)38-2)18-24(23)31-28(25)36/h3-13,18,31,34,36H,14-17H2,1-2H3,(H,32,35). The second-order valence-electron chi connectivity index (χ2n) is 8.78. The first-order valence-corrected chi connectivity index (χ1v) is 12.3. The van der Waals surface area contributed by atoms with Crippen LogP contribution in [0.4, 0.5) is 5.69 Å². The average Bonchev–Trinajstić information content (AvgIpc) is 3.29. The van der Waals surface area contributed by atoms with Gasteiger partial charge in [-0.2, -0.15) is 0 Å². The molecule has 0 fully saturated rings. The summed E-state index contributed by atoms with van der Waals surface area (Å²) in [5.41, 5.74) is 6.05. The number of benzene rings is 3. The molecule has 0 saturated heterocycles. The van der Waals surface area contributed by atoms with Gasteiger partial charge >= 0.3 is 5.97 Å². The Hall–Kier alpha value is -4.51. The normalized spacial score (nSPS) is 11.6. The number of nitrogens with zero attached hydrogens (tertiary/aromatic N) is 2. The van der Waals surface area contributed by atoms with Crippen LogP contribution in [-0.4, -0.2) is 78.1 Å². The fourth-order valence-electron chi connectivity index (χ4n) is 4.00. The van der Waals surface area contributed by atoms with Crippen LogP contribution in [0.2, 0.25) is 0 Å². The first-order chi connectivity index (χ1) is 18.9. The molecule has 0 spiro atoms. The van der Waals surface area contributed by atoms with E-state index in [1.54, 1.807) is 42.5 Å². The predicted octanol–water partition coefficient (Wildman–Crippen LogP) is 3.41. The van der Waals surface area contributed by atoms with Gasteiger partial charge in [-0.25, -0.2) is 15.3 Å². The highest BCUT2D eigenvalue weighted by atomic mass is 16.7. The van der Waals surface area contributed by atoms with Crippen molar-refractivity contribution in [2.75, 3.05) is 40.5 Å². The summed E-state index contributed by atoms with van der Waals surface area (Å²) in [6, 6.07) is 21.1. The Bertz CT molecular complexity index is 1460. The third-order valence-electron chi connectivity index (χ3n) is 6.08. The maximum atomic E-state index is 12.4. The number of aliphatic hydroxyl groups is 1. The first-order valence-electron chi connectivity index (χ1n) is 12.3. The number of methoxy groups -OCH3 is 1. The van der Waals surface area contributed by atoms with Gasteiger partial charge in [-0.1, -0.05) is 36.4 Å². The summed E-state index contributed by atoms with van der Waals surface area (Å²) in [6.45, 7) is 1.41. The van der Waals surface area contributed by atoms with Crippen molar-refractivity contribution < 1.29 is 29.4 Å². The van der Waals surface area contributed by atoms with E-state index in [1.807, 2.05) is 42.3 Å². The average molecular weight is 531 g/mol. The first kappa shape index (κ1) is 27.5. The molecule has 10 nitrogen and oxygen atoms in total. The predicted molar refractivity (Wildman–Crippen MR) is 147 cm³/mol. The van der Waals surface area contributed by atoms with Gasteiger partial charge in [0.15, 0.2) is 5.88 Å². The summed E-state index contributed by atoms with van der Waals surface area (Å²) in [7, 11) is 3.16. The Morgan fingerprint density at radius 1 is 0.974 bits per heavy atom. The number of carbonyl (C=O) groups is 2. The highest BCUT2D eigenvalue weighted by molar-refractivity contribution is 6.22. The van der Waals surface area contributed by atoms with E-state index in [0.717, 1.165) is 5.56 Å². The van der Waals surface area contributed by atoms with Crippen LogP contribution in [0.15, 0.2) is 77.8 Å². The van der Waals surface area contributed by atoms with Gasteiger partial charge in [-0.05, 0) is 43.4 Å². The van der Waals surface area contributed by atoms with Crippen molar-refractivity contribution >= 4 is 34.2 Å². The number of hydroxylamine groups is 1. The van der Waals surface area contributed by atoms with Crippen LogP contribution in [0.1, 0.15) is 31.8 Å². The van der Waals surface area contributed by atoms with Gasteiger partial charge in [0, 0.05) is 35.1 Å². The van der Waals surface area contributed by atoms with Crippen molar-refractivity contribution in [2.24, 2.45) is 4.99 Å². The lowest BCUT2D eigenvalue weighted by atomic mass is 10.00. The second-order valence-corrected chi connectivity index (χ2v) is 8.78. The minimum Gasteiger partial charge on any atom is -0.494 e. The maximum absolute atomic E-state index is 12.4. The molecule has 0 radical (unpaired) electrons.